The summed E-state index contributed by atoms with van der Waals surface area (Å²) < 4.78 is 15.9. The van der Waals surface area contributed by atoms with E-state index in [0.717, 1.165) is 33.3 Å². The van der Waals surface area contributed by atoms with Gasteiger partial charge in [-0.2, -0.15) is 0 Å². The number of halogens is 1. The Balaban J connectivity index is 0.00000210. The number of para-hydroxylation sites is 1. The van der Waals surface area contributed by atoms with Crippen molar-refractivity contribution in [1.29, 1.82) is 0 Å². The van der Waals surface area contributed by atoms with Crippen molar-refractivity contribution in [2.24, 2.45) is 0 Å². The number of fused-ring (bicyclic) bond motifs is 2. The second kappa shape index (κ2) is 7.43. The molecule has 6 heteroatoms. The van der Waals surface area contributed by atoms with Crippen LogP contribution in [0, 0.1) is 19.7 Å². The van der Waals surface area contributed by atoms with E-state index in [1.807, 2.05) is 44.2 Å². The van der Waals surface area contributed by atoms with Gasteiger partial charge in [0.2, 0.25) is 0 Å². The fraction of sp³-hybridized carbons (Fsp3) is 0.143. The third-order valence-electron chi connectivity index (χ3n) is 4.76. The molecule has 0 spiro atoms. The minimum absolute atomic E-state index is 0. The Morgan fingerprint density at radius 1 is 1.15 bits per heavy atom. The Morgan fingerprint density at radius 3 is 2.67 bits per heavy atom. The SMILES string of the molecule is Cc1ccc2c(c1)c(-c1ccnc3c(F)cccc13)c(C)n2CC(=O)[O-].[Na+]. The van der Waals surface area contributed by atoms with Crippen molar-refractivity contribution >= 4 is 27.8 Å². The summed E-state index contributed by atoms with van der Waals surface area (Å²) in [6, 6.07) is 12.6. The molecule has 0 fully saturated rings. The van der Waals surface area contributed by atoms with Crippen LogP contribution in [0.1, 0.15) is 11.3 Å². The Morgan fingerprint density at radius 2 is 1.93 bits per heavy atom. The maximum atomic E-state index is 14.2. The predicted octanol–water partition coefficient (Wildman–Crippen LogP) is 0.366. The van der Waals surface area contributed by atoms with E-state index >= 15 is 0 Å². The van der Waals surface area contributed by atoms with Crippen LogP contribution in [0.5, 0.6) is 0 Å². The first kappa shape index (κ1) is 19.5. The normalized spacial score (nSPS) is 10.9. The quantitative estimate of drug-likeness (QED) is 0.490. The van der Waals surface area contributed by atoms with Gasteiger partial charge in [-0.05, 0) is 43.7 Å². The summed E-state index contributed by atoms with van der Waals surface area (Å²) in [4.78, 5) is 15.4. The molecule has 2 aromatic carbocycles. The van der Waals surface area contributed by atoms with Crippen LogP contribution in [0.4, 0.5) is 4.39 Å². The van der Waals surface area contributed by atoms with E-state index in [0.29, 0.717) is 10.9 Å². The molecule has 0 radical (unpaired) electrons. The van der Waals surface area contributed by atoms with Crippen molar-refractivity contribution in [3.05, 3.63) is 65.7 Å². The van der Waals surface area contributed by atoms with Crippen molar-refractivity contribution in [3.8, 4) is 11.1 Å². The van der Waals surface area contributed by atoms with Crippen LogP contribution in [-0.2, 0) is 11.3 Å². The van der Waals surface area contributed by atoms with E-state index in [-0.39, 0.29) is 41.9 Å². The molecular formula is C21H16FN2NaO2. The number of carboxylic acid groups (broad SMARTS) is 1. The number of carboxylic acids is 1. The van der Waals surface area contributed by atoms with Crippen LogP contribution in [0.2, 0.25) is 0 Å². The number of pyridine rings is 1. The van der Waals surface area contributed by atoms with Crippen molar-refractivity contribution in [2.75, 3.05) is 0 Å². The molecule has 0 amide bonds. The van der Waals surface area contributed by atoms with E-state index in [1.54, 1.807) is 16.8 Å². The number of benzene rings is 2. The molecule has 4 aromatic rings. The Hall–Kier alpha value is -2.21. The molecule has 0 aliphatic heterocycles. The number of aliphatic carboxylic acids is 1. The number of nitrogens with zero attached hydrogens (tertiary/aromatic N) is 2. The zero-order valence-electron chi connectivity index (χ0n) is 15.4. The van der Waals surface area contributed by atoms with Crippen molar-refractivity contribution in [2.45, 2.75) is 20.4 Å². The minimum Gasteiger partial charge on any atom is -0.548 e. The number of hydrogen-bond donors (Lipinski definition) is 0. The second-order valence-corrected chi connectivity index (χ2v) is 6.43. The fourth-order valence-corrected chi connectivity index (χ4v) is 3.63. The van der Waals surface area contributed by atoms with Crippen molar-refractivity contribution < 1.29 is 43.8 Å². The van der Waals surface area contributed by atoms with Gasteiger partial charge >= 0.3 is 29.6 Å². The molecule has 27 heavy (non-hydrogen) atoms. The monoisotopic (exact) mass is 370 g/mol. The van der Waals surface area contributed by atoms with Crippen LogP contribution in [0.15, 0.2) is 48.7 Å². The average Bonchev–Trinajstić information content (AvgIpc) is 2.86. The molecule has 0 atom stereocenters. The maximum absolute atomic E-state index is 14.2. The fourth-order valence-electron chi connectivity index (χ4n) is 3.63. The second-order valence-electron chi connectivity index (χ2n) is 6.43. The van der Waals surface area contributed by atoms with Crippen LogP contribution in [0.25, 0.3) is 32.9 Å². The molecule has 0 unspecified atom stereocenters. The summed E-state index contributed by atoms with van der Waals surface area (Å²) in [5.41, 5.74) is 4.70. The van der Waals surface area contributed by atoms with E-state index in [1.165, 1.54) is 6.07 Å². The molecule has 0 aliphatic carbocycles. The molecule has 0 saturated carbocycles. The molecule has 4 nitrogen and oxygen atoms in total. The number of aromatic nitrogens is 2. The van der Waals surface area contributed by atoms with Gasteiger partial charge in [0.25, 0.3) is 0 Å². The van der Waals surface area contributed by atoms with Gasteiger partial charge in [0.1, 0.15) is 11.3 Å². The van der Waals surface area contributed by atoms with Gasteiger partial charge < -0.3 is 14.5 Å². The third kappa shape index (κ3) is 3.27. The van der Waals surface area contributed by atoms with E-state index in [2.05, 4.69) is 4.98 Å². The predicted molar refractivity (Wildman–Crippen MR) is 97.1 cm³/mol. The summed E-state index contributed by atoms with van der Waals surface area (Å²) in [6.45, 7) is 3.63. The first-order valence-corrected chi connectivity index (χ1v) is 8.30. The average molecular weight is 370 g/mol. The summed E-state index contributed by atoms with van der Waals surface area (Å²) >= 11 is 0. The summed E-state index contributed by atoms with van der Waals surface area (Å²) in [7, 11) is 0. The number of rotatable bonds is 3. The van der Waals surface area contributed by atoms with Crippen molar-refractivity contribution in [1.82, 2.24) is 9.55 Å². The van der Waals surface area contributed by atoms with E-state index < -0.39 is 5.97 Å². The summed E-state index contributed by atoms with van der Waals surface area (Å²) in [5.74, 6) is -1.53. The van der Waals surface area contributed by atoms with Crippen LogP contribution >= 0.6 is 0 Å². The van der Waals surface area contributed by atoms with Gasteiger partial charge in [-0.1, -0.05) is 23.8 Å². The topological polar surface area (TPSA) is 58.0 Å². The van der Waals surface area contributed by atoms with Gasteiger partial charge in [-0.15, -0.1) is 0 Å². The molecule has 0 aliphatic rings. The minimum atomic E-state index is -1.15. The molecule has 4 rings (SSSR count). The molecule has 0 saturated heterocycles. The Labute approximate surface area is 177 Å². The number of hydrogen-bond acceptors (Lipinski definition) is 3. The smallest absolute Gasteiger partial charge is 0.548 e. The third-order valence-corrected chi connectivity index (χ3v) is 4.76. The summed E-state index contributed by atoms with van der Waals surface area (Å²) in [6.07, 6.45) is 1.58. The molecule has 0 bridgehead atoms. The van der Waals surface area contributed by atoms with Crippen LogP contribution in [0.3, 0.4) is 0 Å². The van der Waals surface area contributed by atoms with E-state index in [9.17, 15) is 14.3 Å². The van der Waals surface area contributed by atoms with Gasteiger partial charge in [0.15, 0.2) is 0 Å². The van der Waals surface area contributed by atoms with Gasteiger partial charge in [0.05, 0.1) is 12.5 Å². The van der Waals surface area contributed by atoms with Gasteiger partial charge in [0, 0.05) is 33.7 Å². The molecule has 2 aromatic heterocycles. The van der Waals surface area contributed by atoms with Gasteiger partial charge in [-0.3, -0.25) is 4.98 Å². The molecule has 130 valence electrons. The van der Waals surface area contributed by atoms with Crippen molar-refractivity contribution in [3.63, 3.8) is 0 Å². The zero-order chi connectivity index (χ0) is 18.4. The molecular weight excluding hydrogens is 354 g/mol. The summed E-state index contributed by atoms with van der Waals surface area (Å²) in [5, 5.41) is 12.9. The zero-order valence-corrected chi connectivity index (χ0v) is 17.4. The number of carbonyl (C=O) groups is 1. The van der Waals surface area contributed by atoms with Crippen LogP contribution in [-0.4, -0.2) is 15.5 Å². The van der Waals surface area contributed by atoms with E-state index in [4.69, 9.17) is 0 Å². The largest absolute Gasteiger partial charge is 1.00 e. The number of aryl methyl sites for hydroxylation is 1. The molecule has 0 N–H and O–H groups in total. The standard InChI is InChI=1S/C21H17FN2O2.Na/c1-12-6-7-18-16(10-12)20(13(2)24(18)11-19(25)26)14-8-9-23-21-15(14)4-3-5-17(21)22;/h3-10H,11H2,1-2H3,(H,25,26);/q;+1/p-1. The Kier molecular flexibility index (Phi) is 5.38. The molecule has 2 heterocycles. The number of carbonyl (C=O) groups excluding carboxylic acids is 1. The first-order chi connectivity index (χ1) is 12.5. The Bertz CT molecular complexity index is 1180. The van der Waals surface area contributed by atoms with Crippen LogP contribution < -0.4 is 34.7 Å². The van der Waals surface area contributed by atoms with Gasteiger partial charge in [-0.25, -0.2) is 4.39 Å². The maximum Gasteiger partial charge on any atom is 1.00 e. The first-order valence-electron chi connectivity index (χ1n) is 8.30.